The summed E-state index contributed by atoms with van der Waals surface area (Å²) >= 11 is 0. The van der Waals surface area contributed by atoms with Crippen LogP contribution in [0.5, 0.6) is 0 Å². The Morgan fingerprint density at radius 2 is 1.89 bits per heavy atom. The van der Waals surface area contributed by atoms with E-state index in [2.05, 4.69) is 40.7 Å². The molecule has 0 saturated carbocycles. The number of fused-ring (bicyclic) bond motifs is 1. The molecule has 0 aliphatic carbocycles. The molecule has 4 rings (SSSR count). The van der Waals surface area contributed by atoms with Crippen LogP contribution in [0.4, 0.5) is 0 Å². The lowest BCUT2D eigenvalue weighted by molar-refractivity contribution is -0.132. The van der Waals surface area contributed by atoms with Crippen LogP contribution in [0.1, 0.15) is 61.8 Å². The summed E-state index contributed by atoms with van der Waals surface area (Å²) in [6, 6.07) is 10.3. The number of hydrogen-bond acceptors (Lipinski definition) is 3. The third kappa shape index (κ3) is 3.68. The zero-order chi connectivity index (χ0) is 19.5. The van der Waals surface area contributed by atoms with Gasteiger partial charge in [-0.3, -0.25) is 9.20 Å². The average molecular weight is 380 g/mol. The predicted molar refractivity (Wildman–Crippen MR) is 109 cm³/mol. The van der Waals surface area contributed by atoms with Gasteiger partial charge in [-0.2, -0.15) is 0 Å². The van der Waals surface area contributed by atoms with E-state index >= 15 is 0 Å². The van der Waals surface area contributed by atoms with Crippen molar-refractivity contribution in [3.8, 4) is 0 Å². The zero-order valence-corrected chi connectivity index (χ0v) is 16.8. The van der Waals surface area contributed by atoms with Gasteiger partial charge < -0.3 is 9.47 Å². The molecule has 6 nitrogen and oxygen atoms in total. The van der Waals surface area contributed by atoms with Crippen LogP contribution in [0.3, 0.4) is 0 Å². The first-order chi connectivity index (χ1) is 13.6. The lowest BCUT2D eigenvalue weighted by atomic mass is 10.1. The fourth-order valence-electron chi connectivity index (χ4n) is 4.34. The standard InChI is InChI=1S/C22H29N5O/c1-17-12-13-18(2)25(17)14-6-3-4-11-21(28)26-16-8-9-19(26)22-24-23-20-10-5-7-15-27(20)22/h5,7,10,12-13,15,19H,3-4,6,8-9,11,14,16H2,1-2H3. The van der Waals surface area contributed by atoms with E-state index in [1.165, 1.54) is 11.4 Å². The molecule has 0 radical (unpaired) electrons. The topological polar surface area (TPSA) is 55.4 Å². The van der Waals surface area contributed by atoms with E-state index in [4.69, 9.17) is 0 Å². The van der Waals surface area contributed by atoms with Crippen molar-refractivity contribution in [2.24, 2.45) is 0 Å². The van der Waals surface area contributed by atoms with E-state index in [1.54, 1.807) is 0 Å². The molecule has 1 amide bonds. The van der Waals surface area contributed by atoms with Crippen LogP contribution in [-0.2, 0) is 11.3 Å². The summed E-state index contributed by atoms with van der Waals surface area (Å²) in [5.74, 6) is 1.14. The lowest BCUT2D eigenvalue weighted by Crippen LogP contribution is -2.31. The highest BCUT2D eigenvalue weighted by Crippen LogP contribution is 2.31. The van der Waals surface area contributed by atoms with Gasteiger partial charge >= 0.3 is 0 Å². The van der Waals surface area contributed by atoms with Crippen LogP contribution in [0.25, 0.3) is 5.65 Å². The molecule has 0 spiro atoms. The maximum Gasteiger partial charge on any atom is 0.223 e. The Hall–Kier alpha value is -2.63. The number of hydrogen-bond donors (Lipinski definition) is 0. The van der Waals surface area contributed by atoms with Crippen LogP contribution in [0, 0.1) is 13.8 Å². The van der Waals surface area contributed by atoms with Crippen LogP contribution < -0.4 is 0 Å². The maximum atomic E-state index is 12.9. The molecule has 1 unspecified atom stereocenters. The van der Waals surface area contributed by atoms with Gasteiger partial charge in [-0.25, -0.2) is 0 Å². The highest BCUT2D eigenvalue weighted by Gasteiger charge is 2.32. The monoisotopic (exact) mass is 379 g/mol. The minimum absolute atomic E-state index is 0.0510. The molecule has 6 heteroatoms. The Morgan fingerprint density at radius 3 is 2.71 bits per heavy atom. The van der Waals surface area contributed by atoms with E-state index in [-0.39, 0.29) is 11.9 Å². The molecule has 4 heterocycles. The summed E-state index contributed by atoms with van der Waals surface area (Å²) < 4.78 is 4.37. The molecule has 3 aromatic rings. The summed E-state index contributed by atoms with van der Waals surface area (Å²) in [4.78, 5) is 14.9. The number of amides is 1. The van der Waals surface area contributed by atoms with Crippen molar-refractivity contribution in [2.75, 3.05) is 6.54 Å². The summed E-state index contributed by atoms with van der Waals surface area (Å²) in [7, 11) is 0. The highest BCUT2D eigenvalue weighted by molar-refractivity contribution is 5.76. The van der Waals surface area contributed by atoms with E-state index in [0.717, 1.165) is 56.7 Å². The molecule has 148 valence electrons. The quantitative estimate of drug-likeness (QED) is 0.582. The number of pyridine rings is 1. The minimum atomic E-state index is 0.0510. The van der Waals surface area contributed by atoms with Crippen LogP contribution in [0.15, 0.2) is 36.5 Å². The molecule has 1 fully saturated rings. The predicted octanol–water partition coefficient (Wildman–Crippen LogP) is 4.07. The molecular weight excluding hydrogens is 350 g/mol. The zero-order valence-electron chi connectivity index (χ0n) is 16.8. The number of carbonyl (C=O) groups excluding carboxylic acids is 1. The first kappa shape index (κ1) is 18.7. The van der Waals surface area contributed by atoms with Crippen molar-refractivity contribution in [2.45, 2.75) is 65.0 Å². The Kier molecular flexibility index (Phi) is 5.46. The summed E-state index contributed by atoms with van der Waals surface area (Å²) in [6.07, 6.45) is 7.74. The van der Waals surface area contributed by atoms with Crippen molar-refractivity contribution < 1.29 is 4.79 Å². The largest absolute Gasteiger partial charge is 0.349 e. The molecule has 0 bridgehead atoms. The third-order valence-electron chi connectivity index (χ3n) is 5.90. The molecule has 1 saturated heterocycles. The molecule has 1 atom stereocenters. The van der Waals surface area contributed by atoms with E-state index < -0.39 is 0 Å². The fraction of sp³-hybridized carbons (Fsp3) is 0.500. The first-order valence-electron chi connectivity index (χ1n) is 10.4. The number of aryl methyl sites for hydroxylation is 2. The van der Waals surface area contributed by atoms with Gasteiger partial charge in [-0.15, -0.1) is 10.2 Å². The number of carbonyl (C=O) groups is 1. The van der Waals surface area contributed by atoms with Crippen LogP contribution in [-0.4, -0.2) is 36.5 Å². The van der Waals surface area contributed by atoms with Gasteiger partial charge in [0.25, 0.3) is 0 Å². The molecule has 28 heavy (non-hydrogen) atoms. The van der Waals surface area contributed by atoms with Crippen LogP contribution in [0.2, 0.25) is 0 Å². The van der Waals surface area contributed by atoms with E-state index in [9.17, 15) is 4.79 Å². The van der Waals surface area contributed by atoms with Crippen molar-refractivity contribution in [3.05, 3.63) is 53.7 Å². The minimum Gasteiger partial charge on any atom is -0.349 e. The van der Waals surface area contributed by atoms with Crippen LogP contribution >= 0.6 is 0 Å². The van der Waals surface area contributed by atoms with Crippen molar-refractivity contribution >= 4 is 11.6 Å². The van der Waals surface area contributed by atoms with Gasteiger partial charge in [-0.1, -0.05) is 12.5 Å². The second kappa shape index (κ2) is 8.17. The van der Waals surface area contributed by atoms with Gasteiger partial charge in [0.1, 0.15) is 0 Å². The molecule has 0 aromatic carbocycles. The first-order valence-corrected chi connectivity index (χ1v) is 10.4. The summed E-state index contributed by atoms with van der Waals surface area (Å²) in [6.45, 7) is 6.17. The van der Waals surface area contributed by atoms with Gasteiger partial charge in [-0.05, 0) is 63.8 Å². The summed E-state index contributed by atoms with van der Waals surface area (Å²) in [5.41, 5.74) is 3.47. The van der Waals surface area contributed by atoms with Gasteiger partial charge in [0.05, 0.1) is 6.04 Å². The number of likely N-dealkylation sites (tertiary alicyclic amines) is 1. The SMILES string of the molecule is Cc1ccc(C)n1CCCCCC(=O)N1CCCC1c1nnc2ccccn12. The van der Waals surface area contributed by atoms with Crippen molar-refractivity contribution in [1.29, 1.82) is 0 Å². The normalized spacial score (nSPS) is 16.9. The second-order valence-corrected chi connectivity index (χ2v) is 7.81. The Balaban J connectivity index is 1.30. The van der Waals surface area contributed by atoms with Crippen molar-refractivity contribution in [3.63, 3.8) is 0 Å². The molecule has 3 aromatic heterocycles. The van der Waals surface area contributed by atoms with Gasteiger partial charge in [0.15, 0.2) is 11.5 Å². The molecule has 1 aliphatic rings. The number of aromatic nitrogens is 4. The third-order valence-corrected chi connectivity index (χ3v) is 5.90. The van der Waals surface area contributed by atoms with Gasteiger partial charge in [0.2, 0.25) is 5.91 Å². The van der Waals surface area contributed by atoms with Gasteiger partial charge in [0, 0.05) is 37.1 Å². The lowest BCUT2D eigenvalue weighted by Gasteiger charge is -2.23. The van der Waals surface area contributed by atoms with E-state index in [1.807, 2.05) is 33.7 Å². The second-order valence-electron chi connectivity index (χ2n) is 7.81. The Morgan fingerprint density at radius 1 is 1.07 bits per heavy atom. The van der Waals surface area contributed by atoms with Crippen molar-refractivity contribution in [1.82, 2.24) is 24.1 Å². The smallest absolute Gasteiger partial charge is 0.223 e. The summed E-state index contributed by atoms with van der Waals surface area (Å²) in [5, 5.41) is 8.64. The molecule has 0 N–H and O–H groups in total. The maximum absolute atomic E-state index is 12.9. The molecule has 1 aliphatic heterocycles. The fourth-order valence-corrected chi connectivity index (χ4v) is 4.34. The average Bonchev–Trinajstić information content (AvgIpc) is 3.41. The number of unbranched alkanes of at least 4 members (excludes halogenated alkanes) is 2. The highest BCUT2D eigenvalue weighted by atomic mass is 16.2. The Bertz CT molecular complexity index is 937. The van der Waals surface area contributed by atoms with E-state index in [0.29, 0.717) is 6.42 Å². The molecular formula is C22H29N5O. The number of nitrogens with zero attached hydrogens (tertiary/aromatic N) is 5. The Labute approximate surface area is 166 Å². The number of rotatable bonds is 7.